The van der Waals surface area contributed by atoms with Crippen molar-refractivity contribution in [3.8, 4) is 0 Å². The number of likely N-dealkylation sites (N-methyl/N-ethyl adjacent to an activating group) is 1. The summed E-state index contributed by atoms with van der Waals surface area (Å²) in [5.74, 6) is 0.709. The van der Waals surface area contributed by atoms with Crippen molar-refractivity contribution in [3.05, 3.63) is 0 Å². The standard InChI is InChI=1S/C12H25NO2/c1-3-4-6-15-7-5-13(2)10-11-8-12(14)9-11/h11-12,14H,3-10H2,1-2H3. The van der Waals surface area contributed by atoms with E-state index in [0.717, 1.165) is 39.1 Å². The van der Waals surface area contributed by atoms with Crippen molar-refractivity contribution in [1.29, 1.82) is 0 Å². The highest BCUT2D eigenvalue weighted by atomic mass is 16.5. The van der Waals surface area contributed by atoms with Crippen LogP contribution in [0.2, 0.25) is 0 Å². The lowest BCUT2D eigenvalue weighted by molar-refractivity contribution is 0.0231. The van der Waals surface area contributed by atoms with E-state index < -0.39 is 0 Å². The lowest BCUT2D eigenvalue weighted by atomic mass is 9.82. The van der Waals surface area contributed by atoms with E-state index in [-0.39, 0.29) is 6.10 Å². The zero-order valence-corrected chi connectivity index (χ0v) is 10.1. The molecule has 3 heteroatoms. The van der Waals surface area contributed by atoms with E-state index in [2.05, 4.69) is 18.9 Å². The van der Waals surface area contributed by atoms with Gasteiger partial charge in [-0.3, -0.25) is 0 Å². The second-order valence-corrected chi connectivity index (χ2v) is 4.72. The van der Waals surface area contributed by atoms with E-state index in [1.165, 1.54) is 12.8 Å². The van der Waals surface area contributed by atoms with Crippen molar-refractivity contribution in [2.45, 2.75) is 38.7 Å². The summed E-state index contributed by atoms with van der Waals surface area (Å²) in [7, 11) is 2.13. The van der Waals surface area contributed by atoms with Crippen molar-refractivity contribution >= 4 is 0 Å². The van der Waals surface area contributed by atoms with Gasteiger partial charge in [0.1, 0.15) is 0 Å². The summed E-state index contributed by atoms with van der Waals surface area (Å²) in [5.41, 5.74) is 0. The number of aliphatic hydroxyl groups excluding tert-OH is 1. The summed E-state index contributed by atoms with van der Waals surface area (Å²) < 4.78 is 5.51. The summed E-state index contributed by atoms with van der Waals surface area (Å²) in [6.45, 7) is 6.03. The van der Waals surface area contributed by atoms with Gasteiger partial charge in [0, 0.05) is 19.7 Å². The van der Waals surface area contributed by atoms with Crippen LogP contribution >= 0.6 is 0 Å². The molecule has 0 radical (unpaired) electrons. The third kappa shape index (κ3) is 5.50. The molecule has 1 aliphatic carbocycles. The zero-order chi connectivity index (χ0) is 11.1. The van der Waals surface area contributed by atoms with Crippen LogP contribution in [-0.2, 0) is 4.74 Å². The third-order valence-electron chi connectivity index (χ3n) is 3.04. The predicted molar refractivity (Wildman–Crippen MR) is 62.0 cm³/mol. The molecule has 1 aliphatic rings. The Hall–Kier alpha value is -0.120. The Morgan fingerprint density at radius 1 is 1.33 bits per heavy atom. The number of hydrogen-bond donors (Lipinski definition) is 1. The monoisotopic (exact) mass is 215 g/mol. The maximum absolute atomic E-state index is 9.16. The van der Waals surface area contributed by atoms with Crippen molar-refractivity contribution in [2.75, 3.05) is 33.4 Å². The van der Waals surface area contributed by atoms with E-state index in [0.29, 0.717) is 5.92 Å². The van der Waals surface area contributed by atoms with Crippen molar-refractivity contribution in [3.63, 3.8) is 0 Å². The number of unbranched alkanes of at least 4 members (excludes halogenated alkanes) is 1. The van der Waals surface area contributed by atoms with Gasteiger partial charge in [-0.1, -0.05) is 13.3 Å². The summed E-state index contributed by atoms with van der Waals surface area (Å²) >= 11 is 0. The maximum atomic E-state index is 9.16. The van der Waals surface area contributed by atoms with Gasteiger partial charge in [0.25, 0.3) is 0 Å². The van der Waals surface area contributed by atoms with Gasteiger partial charge in [0.05, 0.1) is 12.7 Å². The quantitative estimate of drug-likeness (QED) is 0.623. The van der Waals surface area contributed by atoms with E-state index in [1.807, 2.05) is 0 Å². The van der Waals surface area contributed by atoms with Crippen LogP contribution in [0.5, 0.6) is 0 Å². The molecular formula is C12H25NO2. The van der Waals surface area contributed by atoms with E-state index in [1.54, 1.807) is 0 Å². The van der Waals surface area contributed by atoms with Crippen LogP contribution in [0.15, 0.2) is 0 Å². The van der Waals surface area contributed by atoms with E-state index in [4.69, 9.17) is 9.84 Å². The average Bonchev–Trinajstić information content (AvgIpc) is 2.15. The van der Waals surface area contributed by atoms with Crippen LogP contribution in [-0.4, -0.2) is 49.5 Å². The van der Waals surface area contributed by atoms with Crippen molar-refractivity contribution in [1.82, 2.24) is 4.90 Å². The first-order valence-corrected chi connectivity index (χ1v) is 6.16. The molecule has 0 amide bonds. The lowest BCUT2D eigenvalue weighted by Gasteiger charge is -2.34. The van der Waals surface area contributed by atoms with Gasteiger partial charge in [-0.2, -0.15) is 0 Å². The highest BCUT2D eigenvalue weighted by Gasteiger charge is 2.27. The second kappa shape index (κ2) is 7.20. The smallest absolute Gasteiger partial charge is 0.0593 e. The average molecular weight is 215 g/mol. The number of ether oxygens (including phenoxy) is 1. The lowest BCUT2D eigenvalue weighted by Crippen LogP contribution is -2.38. The second-order valence-electron chi connectivity index (χ2n) is 4.72. The first kappa shape index (κ1) is 12.9. The highest BCUT2D eigenvalue weighted by molar-refractivity contribution is 4.80. The minimum atomic E-state index is -0.0239. The van der Waals surface area contributed by atoms with Gasteiger partial charge in [0.2, 0.25) is 0 Å². The number of rotatable bonds is 8. The minimum Gasteiger partial charge on any atom is -0.393 e. The highest BCUT2D eigenvalue weighted by Crippen LogP contribution is 2.27. The Labute approximate surface area is 93.4 Å². The molecule has 1 N–H and O–H groups in total. The van der Waals surface area contributed by atoms with E-state index in [9.17, 15) is 0 Å². The minimum absolute atomic E-state index is 0.0239. The summed E-state index contributed by atoms with van der Waals surface area (Å²) in [6.07, 6.45) is 4.32. The van der Waals surface area contributed by atoms with Gasteiger partial charge >= 0.3 is 0 Å². The van der Waals surface area contributed by atoms with Gasteiger partial charge < -0.3 is 14.7 Å². The Kier molecular flexibility index (Phi) is 6.22. The predicted octanol–water partition coefficient (Wildman–Crippen LogP) is 1.51. The van der Waals surface area contributed by atoms with Crippen LogP contribution in [0, 0.1) is 5.92 Å². The summed E-state index contributed by atoms with van der Waals surface area (Å²) in [4.78, 5) is 2.31. The molecule has 15 heavy (non-hydrogen) atoms. The largest absolute Gasteiger partial charge is 0.393 e. The van der Waals surface area contributed by atoms with E-state index >= 15 is 0 Å². The van der Waals surface area contributed by atoms with Gasteiger partial charge in [-0.05, 0) is 32.2 Å². The molecule has 3 nitrogen and oxygen atoms in total. The zero-order valence-electron chi connectivity index (χ0n) is 10.1. The van der Waals surface area contributed by atoms with Crippen LogP contribution in [0.4, 0.5) is 0 Å². The Morgan fingerprint density at radius 3 is 2.67 bits per heavy atom. The molecule has 0 aromatic carbocycles. The Bertz CT molecular complexity index is 158. The summed E-state index contributed by atoms with van der Waals surface area (Å²) in [5, 5.41) is 9.16. The fraction of sp³-hybridized carbons (Fsp3) is 1.00. The molecule has 0 saturated heterocycles. The van der Waals surface area contributed by atoms with Gasteiger partial charge in [0.15, 0.2) is 0 Å². The van der Waals surface area contributed by atoms with Crippen LogP contribution in [0.1, 0.15) is 32.6 Å². The third-order valence-corrected chi connectivity index (χ3v) is 3.04. The fourth-order valence-corrected chi connectivity index (χ4v) is 1.95. The first-order chi connectivity index (χ1) is 7.22. The van der Waals surface area contributed by atoms with Gasteiger partial charge in [-0.25, -0.2) is 0 Å². The first-order valence-electron chi connectivity index (χ1n) is 6.16. The molecule has 1 rings (SSSR count). The Balaban J connectivity index is 1.87. The fourth-order valence-electron chi connectivity index (χ4n) is 1.95. The Morgan fingerprint density at radius 2 is 2.07 bits per heavy atom. The molecule has 90 valence electrons. The number of aliphatic hydroxyl groups is 1. The molecule has 0 aliphatic heterocycles. The molecule has 0 aromatic heterocycles. The molecule has 0 aromatic rings. The van der Waals surface area contributed by atoms with Crippen LogP contribution in [0.25, 0.3) is 0 Å². The molecule has 0 unspecified atom stereocenters. The molecular weight excluding hydrogens is 190 g/mol. The maximum Gasteiger partial charge on any atom is 0.0593 e. The van der Waals surface area contributed by atoms with Crippen molar-refractivity contribution in [2.24, 2.45) is 5.92 Å². The molecule has 0 atom stereocenters. The summed E-state index contributed by atoms with van der Waals surface area (Å²) in [6, 6.07) is 0. The van der Waals surface area contributed by atoms with Crippen molar-refractivity contribution < 1.29 is 9.84 Å². The molecule has 1 fully saturated rings. The van der Waals surface area contributed by atoms with Gasteiger partial charge in [-0.15, -0.1) is 0 Å². The number of hydrogen-bond acceptors (Lipinski definition) is 3. The van der Waals surface area contributed by atoms with Crippen LogP contribution < -0.4 is 0 Å². The normalized spacial score (nSPS) is 25.6. The number of nitrogens with zero attached hydrogens (tertiary/aromatic N) is 1. The SMILES string of the molecule is CCCCOCCN(C)CC1CC(O)C1. The molecule has 0 spiro atoms. The van der Waals surface area contributed by atoms with Crippen LogP contribution in [0.3, 0.4) is 0 Å². The molecule has 0 heterocycles. The molecule has 0 bridgehead atoms. The topological polar surface area (TPSA) is 32.7 Å². The molecule has 1 saturated carbocycles.